The van der Waals surface area contributed by atoms with Gasteiger partial charge in [0.25, 0.3) is 0 Å². The maximum Gasteiger partial charge on any atom is 0.156 e. The second-order valence-corrected chi connectivity index (χ2v) is 5.84. The number of hydrogen-bond donors (Lipinski definition) is 0. The van der Waals surface area contributed by atoms with Crippen LogP contribution in [0.2, 0.25) is 0 Å². The second kappa shape index (κ2) is 5.23. The lowest BCUT2D eigenvalue weighted by molar-refractivity contribution is -0.128. The Kier molecular flexibility index (Phi) is 3.86. The zero-order valence-electron chi connectivity index (χ0n) is 11.7. The van der Waals surface area contributed by atoms with E-state index in [4.69, 9.17) is 0 Å². The number of carbonyl (C=O) groups is 1. The van der Waals surface area contributed by atoms with Crippen molar-refractivity contribution in [2.45, 2.75) is 45.6 Å². The molecule has 1 fully saturated rings. The van der Waals surface area contributed by atoms with Crippen LogP contribution >= 0.6 is 0 Å². The molecule has 0 N–H and O–H groups in total. The zero-order chi connectivity index (χ0) is 13.2. The number of benzene rings is 1. The first kappa shape index (κ1) is 13.3. The highest BCUT2D eigenvalue weighted by molar-refractivity contribution is 5.89. The molecule has 0 radical (unpaired) electrons. The Morgan fingerprint density at radius 1 is 1.17 bits per heavy atom. The summed E-state index contributed by atoms with van der Waals surface area (Å²) in [5.74, 6) is 0.327. The predicted octanol–water partition coefficient (Wildman–Crippen LogP) is 2.98. The van der Waals surface area contributed by atoms with Gasteiger partial charge in [-0.05, 0) is 52.3 Å². The van der Waals surface area contributed by atoms with E-state index in [9.17, 15) is 4.79 Å². The van der Waals surface area contributed by atoms with E-state index in [0.717, 1.165) is 18.7 Å². The minimum atomic E-state index is -0.318. The molecular weight excluding hydrogens is 222 g/mol. The van der Waals surface area contributed by atoms with Gasteiger partial charge in [0.1, 0.15) is 0 Å². The average molecular weight is 245 g/mol. The molecule has 0 aromatic heterocycles. The molecule has 2 rings (SSSR count). The number of hydrogen-bond acceptors (Lipinski definition) is 2. The zero-order valence-corrected chi connectivity index (χ0v) is 11.7. The molecule has 2 nitrogen and oxygen atoms in total. The van der Waals surface area contributed by atoms with E-state index in [0.29, 0.717) is 12.2 Å². The van der Waals surface area contributed by atoms with Crippen LogP contribution < -0.4 is 0 Å². The summed E-state index contributed by atoms with van der Waals surface area (Å²) in [7, 11) is 0. The molecule has 0 spiro atoms. The van der Waals surface area contributed by atoms with Crippen molar-refractivity contribution >= 4 is 5.78 Å². The first-order valence-electron chi connectivity index (χ1n) is 6.84. The first-order chi connectivity index (χ1) is 8.50. The van der Waals surface area contributed by atoms with Crippen LogP contribution in [0.15, 0.2) is 24.3 Å². The van der Waals surface area contributed by atoms with Crippen molar-refractivity contribution in [1.29, 1.82) is 0 Å². The van der Waals surface area contributed by atoms with Gasteiger partial charge in [0.15, 0.2) is 5.78 Å². The minimum absolute atomic E-state index is 0.318. The summed E-state index contributed by atoms with van der Waals surface area (Å²) in [6, 6.07) is 8.28. The molecule has 1 aromatic rings. The largest absolute Gasteiger partial charge is 0.297 e. The van der Waals surface area contributed by atoms with Crippen molar-refractivity contribution in [1.82, 2.24) is 4.90 Å². The molecule has 1 aliphatic rings. The maximum atomic E-state index is 12.5. The molecule has 0 atom stereocenters. The first-order valence-corrected chi connectivity index (χ1v) is 6.84. The molecule has 98 valence electrons. The molecule has 1 aliphatic heterocycles. The van der Waals surface area contributed by atoms with Crippen LogP contribution in [0.4, 0.5) is 0 Å². The number of ketones is 1. The predicted molar refractivity (Wildman–Crippen MR) is 74.8 cm³/mol. The SMILES string of the molecule is Cc1ccc(CC(=O)C(C)(C)N2CCCC2)cc1. The Bertz CT molecular complexity index is 413. The summed E-state index contributed by atoms with van der Waals surface area (Å²) >= 11 is 0. The molecule has 0 aliphatic carbocycles. The Balaban J connectivity index is 2.04. The normalized spacial score (nSPS) is 17.1. The van der Waals surface area contributed by atoms with Crippen LogP contribution in [0.25, 0.3) is 0 Å². The summed E-state index contributed by atoms with van der Waals surface area (Å²) in [5, 5.41) is 0. The van der Waals surface area contributed by atoms with E-state index in [2.05, 4.69) is 49.9 Å². The summed E-state index contributed by atoms with van der Waals surface area (Å²) in [6.45, 7) is 8.32. The third-order valence-corrected chi connectivity index (χ3v) is 4.06. The van der Waals surface area contributed by atoms with E-state index in [1.54, 1.807) is 0 Å². The van der Waals surface area contributed by atoms with Gasteiger partial charge in [-0.25, -0.2) is 0 Å². The number of aryl methyl sites for hydroxylation is 1. The van der Waals surface area contributed by atoms with Gasteiger partial charge in [0, 0.05) is 6.42 Å². The lowest BCUT2D eigenvalue weighted by atomic mass is 9.92. The van der Waals surface area contributed by atoms with Crippen molar-refractivity contribution in [3.8, 4) is 0 Å². The summed E-state index contributed by atoms with van der Waals surface area (Å²) in [6.07, 6.45) is 2.99. The van der Waals surface area contributed by atoms with E-state index >= 15 is 0 Å². The summed E-state index contributed by atoms with van der Waals surface area (Å²) in [5.41, 5.74) is 2.05. The number of carbonyl (C=O) groups excluding carboxylic acids is 1. The highest BCUT2D eigenvalue weighted by atomic mass is 16.1. The van der Waals surface area contributed by atoms with Crippen molar-refractivity contribution in [3.05, 3.63) is 35.4 Å². The standard InChI is InChI=1S/C16H23NO/c1-13-6-8-14(9-7-13)12-15(18)16(2,3)17-10-4-5-11-17/h6-9H,4-5,10-12H2,1-3H3. The highest BCUT2D eigenvalue weighted by Crippen LogP contribution is 2.23. The topological polar surface area (TPSA) is 20.3 Å². The molecule has 18 heavy (non-hydrogen) atoms. The van der Waals surface area contributed by atoms with Gasteiger partial charge in [-0.15, -0.1) is 0 Å². The quantitative estimate of drug-likeness (QED) is 0.813. The molecule has 0 bridgehead atoms. The van der Waals surface area contributed by atoms with Gasteiger partial charge in [-0.3, -0.25) is 9.69 Å². The highest BCUT2D eigenvalue weighted by Gasteiger charge is 2.35. The molecular formula is C16H23NO. The fourth-order valence-corrected chi connectivity index (χ4v) is 2.56. The minimum Gasteiger partial charge on any atom is -0.297 e. The van der Waals surface area contributed by atoms with Gasteiger partial charge in [0.05, 0.1) is 5.54 Å². The Morgan fingerprint density at radius 3 is 2.28 bits per heavy atom. The van der Waals surface area contributed by atoms with E-state index in [1.807, 2.05) is 0 Å². The molecule has 0 amide bonds. The molecule has 0 saturated carbocycles. The summed E-state index contributed by atoms with van der Waals surface area (Å²) < 4.78 is 0. The monoisotopic (exact) mass is 245 g/mol. The number of likely N-dealkylation sites (tertiary alicyclic amines) is 1. The third kappa shape index (κ3) is 2.81. The fourth-order valence-electron chi connectivity index (χ4n) is 2.56. The van der Waals surface area contributed by atoms with Crippen LogP contribution in [-0.2, 0) is 11.2 Å². The Labute approximate surface area is 110 Å². The van der Waals surface area contributed by atoms with E-state index < -0.39 is 0 Å². The van der Waals surface area contributed by atoms with Crippen molar-refractivity contribution in [2.24, 2.45) is 0 Å². The molecule has 1 aromatic carbocycles. The van der Waals surface area contributed by atoms with Crippen LogP contribution in [0, 0.1) is 6.92 Å². The van der Waals surface area contributed by atoms with Crippen molar-refractivity contribution in [3.63, 3.8) is 0 Å². The third-order valence-electron chi connectivity index (χ3n) is 4.06. The lowest BCUT2D eigenvalue weighted by Gasteiger charge is -2.34. The van der Waals surface area contributed by atoms with Crippen LogP contribution in [0.3, 0.4) is 0 Å². The van der Waals surface area contributed by atoms with Gasteiger partial charge >= 0.3 is 0 Å². The van der Waals surface area contributed by atoms with Gasteiger partial charge < -0.3 is 0 Å². The van der Waals surface area contributed by atoms with Gasteiger partial charge in [-0.2, -0.15) is 0 Å². The van der Waals surface area contributed by atoms with Crippen LogP contribution in [-0.4, -0.2) is 29.3 Å². The average Bonchev–Trinajstić information content (AvgIpc) is 2.86. The number of Topliss-reactive ketones (excluding diaryl/α,β-unsaturated/α-hetero) is 1. The van der Waals surface area contributed by atoms with Crippen molar-refractivity contribution < 1.29 is 4.79 Å². The molecule has 1 saturated heterocycles. The van der Waals surface area contributed by atoms with Crippen LogP contribution in [0.1, 0.15) is 37.8 Å². The van der Waals surface area contributed by atoms with Crippen LogP contribution in [0.5, 0.6) is 0 Å². The van der Waals surface area contributed by atoms with E-state index in [-0.39, 0.29) is 5.54 Å². The van der Waals surface area contributed by atoms with E-state index in [1.165, 1.54) is 18.4 Å². The second-order valence-electron chi connectivity index (χ2n) is 5.84. The number of nitrogens with zero attached hydrogens (tertiary/aromatic N) is 1. The number of rotatable bonds is 4. The lowest BCUT2D eigenvalue weighted by Crippen LogP contribution is -2.49. The molecule has 1 heterocycles. The fraction of sp³-hybridized carbons (Fsp3) is 0.562. The maximum absolute atomic E-state index is 12.5. The summed E-state index contributed by atoms with van der Waals surface area (Å²) in [4.78, 5) is 14.8. The van der Waals surface area contributed by atoms with Gasteiger partial charge in [-0.1, -0.05) is 29.8 Å². The Morgan fingerprint density at radius 2 is 1.72 bits per heavy atom. The van der Waals surface area contributed by atoms with Crippen molar-refractivity contribution in [2.75, 3.05) is 13.1 Å². The smallest absolute Gasteiger partial charge is 0.156 e. The van der Waals surface area contributed by atoms with Gasteiger partial charge in [0.2, 0.25) is 0 Å². The molecule has 2 heteroatoms. The molecule has 0 unspecified atom stereocenters. The Hall–Kier alpha value is -1.15.